The van der Waals surface area contributed by atoms with E-state index in [0.717, 1.165) is 51.3 Å². The molecule has 0 aromatic heterocycles. The molecule has 5 nitrogen and oxygen atoms in total. The number of benzene rings is 1. The molecule has 1 aromatic carbocycles. The molecule has 0 aliphatic carbocycles. The summed E-state index contributed by atoms with van der Waals surface area (Å²) in [5.74, 6) is 1.75. The minimum atomic E-state index is 0.310. The number of piperidine rings is 1. The van der Waals surface area contributed by atoms with Gasteiger partial charge in [0.15, 0.2) is 0 Å². The van der Waals surface area contributed by atoms with Crippen molar-refractivity contribution >= 4 is 5.91 Å². The van der Waals surface area contributed by atoms with Crippen LogP contribution in [-0.2, 0) is 16.1 Å². The third-order valence-electron chi connectivity index (χ3n) is 5.07. The zero-order valence-electron chi connectivity index (χ0n) is 14.6. The van der Waals surface area contributed by atoms with Crippen molar-refractivity contribution in [2.45, 2.75) is 25.8 Å². The highest BCUT2D eigenvalue weighted by molar-refractivity contribution is 5.76. The molecule has 3 rings (SSSR count). The van der Waals surface area contributed by atoms with Gasteiger partial charge < -0.3 is 14.4 Å². The van der Waals surface area contributed by atoms with Gasteiger partial charge in [0, 0.05) is 26.1 Å². The third-order valence-corrected chi connectivity index (χ3v) is 5.07. The molecule has 2 heterocycles. The second kappa shape index (κ2) is 8.49. The largest absolute Gasteiger partial charge is 0.497 e. The Hall–Kier alpha value is -1.59. The van der Waals surface area contributed by atoms with E-state index < -0.39 is 0 Å². The van der Waals surface area contributed by atoms with Gasteiger partial charge >= 0.3 is 0 Å². The number of likely N-dealkylation sites (tertiary alicyclic amines) is 1. The maximum atomic E-state index is 12.4. The number of amides is 1. The summed E-state index contributed by atoms with van der Waals surface area (Å²) in [6.45, 7) is 5.98. The fourth-order valence-corrected chi connectivity index (χ4v) is 3.57. The number of methoxy groups -OCH3 is 1. The van der Waals surface area contributed by atoms with E-state index in [1.54, 1.807) is 7.11 Å². The summed E-state index contributed by atoms with van der Waals surface area (Å²) < 4.78 is 10.6. The SMILES string of the molecule is COc1cccc(CN2CCC(CC(=O)N3CCOCC3)CC2)c1. The molecule has 0 unspecified atom stereocenters. The van der Waals surface area contributed by atoms with E-state index in [4.69, 9.17) is 9.47 Å². The van der Waals surface area contributed by atoms with E-state index in [2.05, 4.69) is 17.0 Å². The highest BCUT2D eigenvalue weighted by atomic mass is 16.5. The summed E-state index contributed by atoms with van der Waals surface area (Å²) >= 11 is 0. The first kappa shape index (κ1) is 17.2. The number of hydrogen-bond acceptors (Lipinski definition) is 4. The summed E-state index contributed by atoms with van der Waals surface area (Å²) in [5, 5.41) is 0. The Morgan fingerprint density at radius 2 is 1.96 bits per heavy atom. The van der Waals surface area contributed by atoms with Gasteiger partial charge in [0.05, 0.1) is 20.3 Å². The number of ether oxygens (including phenoxy) is 2. The van der Waals surface area contributed by atoms with Gasteiger partial charge in [-0.3, -0.25) is 9.69 Å². The molecule has 0 spiro atoms. The van der Waals surface area contributed by atoms with E-state index in [1.807, 2.05) is 17.0 Å². The molecule has 2 fully saturated rings. The first-order valence-electron chi connectivity index (χ1n) is 8.95. The summed E-state index contributed by atoms with van der Waals surface area (Å²) in [6, 6.07) is 8.28. The average Bonchev–Trinajstić information content (AvgIpc) is 2.64. The van der Waals surface area contributed by atoms with E-state index in [9.17, 15) is 4.79 Å². The molecule has 0 N–H and O–H groups in total. The van der Waals surface area contributed by atoms with Gasteiger partial charge in [-0.1, -0.05) is 12.1 Å². The van der Waals surface area contributed by atoms with Crippen LogP contribution in [0.5, 0.6) is 5.75 Å². The second-order valence-corrected chi connectivity index (χ2v) is 6.77. The van der Waals surface area contributed by atoms with Crippen LogP contribution in [0.1, 0.15) is 24.8 Å². The van der Waals surface area contributed by atoms with Gasteiger partial charge in [0.2, 0.25) is 5.91 Å². The van der Waals surface area contributed by atoms with Crippen molar-refractivity contribution in [3.63, 3.8) is 0 Å². The van der Waals surface area contributed by atoms with Crippen LogP contribution in [0.25, 0.3) is 0 Å². The molecule has 2 saturated heterocycles. The molecule has 0 atom stereocenters. The van der Waals surface area contributed by atoms with Gasteiger partial charge in [0.1, 0.15) is 5.75 Å². The Bertz CT molecular complexity index is 535. The summed E-state index contributed by atoms with van der Waals surface area (Å²) in [7, 11) is 1.70. The molecule has 24 heavy (non-hydrogen) atoms. The molecule has 1 amide bonds. The predicted molar refractivity (Wildman–Crippen MR) is 93.0 cm³/mol. The number of rotatable bonds is 5. The van der Waals surface area contributed by atoms with Crippen molar-refractivity contribution in [3.8, 4) is 5.75 Å². The van der Waals surface area contributed by atoms with Crippen molar-refractivity contribution in [3.05, 3.63) is 29.8 Å². The first-order chi connectivity index (χ1) is 11.7. The van der Waals surface area contributed by atoms with Crippen LogP contribution >= 0.6 is 0 Å². The minimum absolute atomic E-state index is 0.310. The minimum Gasteiger partial charge on any atom is -0.497 e. The van der Waals surface area contributed by atoms with Gasteiger partial charge in [0.25, 0.3) is 0 Å². The van der Waals surface area contributed by atoms with Crippen LogP contribution in [0.15, 0.2) is 24.3 Å². The highest BCUT2D eigenvalue weighted by Gasteiger charge is 2.24. The standard InChI is InChI=1S/C19H28N2O3/c1-23-18-4-2-3-17(13-18)15-20-7-5-16(6-8-20)14-19(22)21-9-11-24-12-10-21/h2-4,13,16H,5-12,14-15H2,1H3. The lowest BCUT2D eigenvalue weighted by Crippen LogP contribution is -2.42. The molecule has 0 saturated carbocycles. The van der Waals surface area contributed by atoms with E-state index in [-0.39, 0.29) is 0 Å². The monoisotopic (exact) mass is 332 g/mol. The maximum absolute atomic E-state index is 12.4. The maximum Gasteiger partial charge on any atom is 0.223 e. The topological polar surface area (TPSA) is 42.0 Å². The van der Waals surface area contributed by atoms with Crippen molar-refractivity contribution in [1.82, 2.24) is 9.80 Å². The Kier molecular flexibility index (Phi) is 6.10. The molecule has 0 bridgehead atoms. The van der Waals surface area contributed by atoms with Crippen LogP contribution in [0, 0.1) is 5.92 Å². The molecule has 5 heteroatoms. The molecular weight excluding hydrogens is 304 g/mol. The second-order valence-electron chi connectivity index (χ2n) is 6.77. The lowest BCUT2D eigenvalue weighted by Gasteiger charge is -2.33. The van der Waals surface area contributed by atoms with Crippen LogP contribution < -0.4 is 4.74 Å². The number of morpholine rings is 1. The van der Waals surface area contributed by atoms with Crippen molar-refractivity contribution < 1.29 is 14.3 Å². The molecule has 2 aliphatic heterocycles. The lowest BCUT2D eigenvalue weighted by molar-refractivity contribution is -0.136. The Morgan fingerprint density at radius 1 is 1.21 bits per heavy atom. The van der Waals surface area contributed by atoms with Crippen molar-refractivity contribution in [1.29, 1.82) is 0 Å². The Balaban J connectivity index is 1.42. The fraction of sp³-hybridized carbons (Fsp3) is 0.632. The zero-order valence-corrected chi connectivity index (χ0v) is 14.6. The van der Waals surface area contributed by atoms with Gasteiger partial charge in [-0.15, -0.1) is 0 Å². The normalized spacial score (nSPS) is 20.1. The smallest absolute Gasteiger partial charge is 0.223 e. The highest BCUT2D eigenvalue weighted by Crippen LogP contribution is 2.23. The van der Waals surface area contributed by atoms with Gasteiger partial charge in [-0.05, 0) is 49.5 Å². The van der Waals surface area contributed by atoms with Crippen LogP contribution in [0.2, 0.25) is 0 Å². The van der Waals surface area contributed by atoms with E-state index >= 15 is 0 Å². The number of nitrogens with zero attached hydrogens (tertiary/aromatic N) is 2. The average molecular weight is 332 g/mol. The predicted octanol–water partition coefficient (Wildman–Crippen LogP) is 2.16. The number of hydrogen-bond donors (Lipinski definition) is 0. The van der Waals surface area contributed by atoms with E-state index in [1.165, 1.54) is 5.56 Å². The van der Waals surface area contributed by atoms with Gasteiger partial charge in [-0.25, -0.2) is 0 Å². The lowest BCUT2D eigenvalue weighted by atomic mass is 9.92. The number of carbonyl (C=O) groups excluding carboxylic acids is 1. The Labute approximate surface area is 144 Å². The summed E-state index contributed by atoms with van der Waals surface area (Å²) in [5.41, 5.74) is 1.29. The quantitative estimate of drug-likeness (QED) is 0.829. The number of carbonyl (C=O) groups is 1. The molecular formula is C19H28N2O3. The van der Waals surface area contributed by atoms with Gasteiger partial charge in [-0.2, -0.15) is 0 Å². The van der Waals surface area contributed by atoms with Crippen LogP contribution in [-0.4, -0.2) is 62.2 Å². The third kappa shape index (κ3) is 4.71. The van der Waals surface area contributed by atoms with Crippen LogP contribution in [0.4, 0.5) is 0 Å². The van der Waals surface area contributed by atoms with E-state index in [0.29, 0.717) is 31.5 Å². The fourth-order valence-electron chi connectivity index (χ4n) is 3.57. The first-order valence-corrected chi connectivity index (χ1v) is 8.95. The molecule has 132 valence electrons. The van der Waals surface area contributed by atoms with Crippen molar-refractivity contribution in [2.24, 2.45) is 5.92 Å². The Morgan fingerprint density at radius 3 is 2.67 bits per heavy atom. The molecule has 2 aliphatic rings. The summed E-state index contributed by atoms with van der Waals surface area (Å²) in [4.78, 5) is 16.8. The van der Waals surface area contributed by atoms with Crippen LogP contribution in [0.3, 0.4) is 0 Å². The summed E-state index contributed by atoms with van der Waals surface area (Å²) in [6.07, 6.45) is 2.92. The zero-order chi connectivity index (χ0) is 16.8. The molecule has 0 radical (unpaired) electrons. The molecule has 1 aromatic rings. The van der Waals surface area contributed by atoms with Crippen molar-refractivity contribution in [2.75, 3.05) is 46.5 Å².